The predicted octanol–water partition coefficient (Wildman–Crippen LogP) is 13.3. The third-order valence-electron chi connectivity index (χ3n) is 11.9. The van der Waals surface area contributed by atoms with Gasteiger partial charge in [-0.1, -0.05) is 127 Å². The van der Waals surface area contributed by atoms with E-state index in [0.717, 1.165) is 0 Å². The Balaban J connectivity index is 1.17. The van der Waals surface area contributed by atoms with Crippen LogP contribution in [0.3, 0.4) is 0 Å². The lowest BCUT2D eigenvalue weighted by atomic mass is 10.0. The summed E-state index contributed by atoms with van der Waals surface area (Å²) in [6.07, 6.45) is 0. The zero-order valence-corrected chi connectivity index (χ0v) is 28.6. The van der Waals surface area contributed by atoms with E-state index in [1.54, 1.807) is 0 Å². The normalized spacial score (nSPS) is 12.5. The van der Waals surface area contributed by atoms with Gasteiger partial charge in [0.25, 0.3) is 0 Å². The molecule has 0 N–H and O–H groups in total. The van der Waals surface area contributed by atoms with Gasteiger partial charge in [0, 0.05) is 43.1 Å². The highest BCUT2D eigenvalue weighted by atomic mass is 15.0. The van der Waals surface area contributed by atoms with Crippen molar-refractivity contribution in [3.63, 3.8) is 0 Å². The minimum absolute atomic E-state index is 1.21. The molecule has 13 aromatic rings. The number of hydrogen-bond donors (Lipinski definition) is 0. The molecule has 0 aliphatic carbocycles. The minimum atomic E-state index is 1.21. The number of rotatable bonds is 2. The smallest absolute Gasteiger partial charge is 0.0622 e. The Labute approximate surface area is 303 Å². The highest BCUT2D eigenvalue weighted by Gasteiger charge is 2.24. The predicted molar refractivity (Wildman–Crippen MR) is 225 cm³/mol. The summed E-state index contributed by atoms with van der Waals surface area (Å²) in [5.74, 6) is 0. The fourth-order valence-corrected chi connectivity index (χ4v) is 9.91. The van der Waals surface area contributed by atoms with E-state index in [2.05, 4.69) is 189 Å². The van der Waals surface area contributed by atoms with Crippen LogP contribution in [0.5, 0.6) is 0 Å². The highest BCUT2D eigenvalue weighted by molar-refractivity contribution is 6.29. The molecule has 0 saturated carbocycles. The van der Waals surface area contributed by atoms with Gasteiger partial charge in [0.05, 0.1) is 50.0 Å². The Morgan fingerprint density at radius 2 is 0.642 bits per heavy atom. The van der Waals surface area contributed by atoms with E-state index in [4.69, 9.17) is 0 Å². The molecule has 0 bridgehead atoms. The summed E-state index contributed by atoms with van der Waals surface area (Å²) in [5, 5.41) is 15.4. The first-order chi connectivity index (χ1) is 26.3. The number of hydrogen-bond acceptors (Lipinski definition) is 0. The Hall–Kier alpha value is -7.10. The van der Waals surface area contributed by atoms with Gasteiger partial charge < -0.3 is 13.5 Å². The molecule has 0 atom stereocenters. The van der Waals surface area contributed by atoms with Crippen LogP contribution in [0.1, 0.15) is 0 Å². The Morgan fingerprint density at radius 3 is 1.15 bits per heavy atom. The van der Waals surface area contributed by atoms with E-state index in [0.29, 0.717) is 0 Å². The SMILES string of the molecule is c1ccc2c(c1)ccc1c2c2ccccc2n1-c1cccc2c1c1cccc3c4c(-n5c6ccccc6c6c7ccccc7ccc65)cccc4n2c13. The molecule has 0 fully saturated rings. The first-order valence-corrected chi connectivity index (χ1v) is 18.4. The van der Waals surface area contributed by atoms with Gasteiger partial charge in [0.15, 0.2) is 0 Å². The van der Waals surface area contributed by atoms with Gasteiger partial charge in [-0.15, -0.1) is 0 Å². The summed E-state index contributed by atoms with van der Waals surface area (Å²) in [4.78, 5) is 0. The molecule has 3 nitrogen and oxygen atoms in total. The first-order valence-electron chi connectivity index (χ1n) is 18.4. The summed E-state index contributed by atoms with van der Waals surface area (Å²) in [7, 11) is 0. The van der Waals surface area contributed by atoms with Crippen LogP contribution in [0.25, 0.3) is 115 Å². The number of aromatic nitrogens is 3. The average Bonchev–Trinajstić information content (AvgIpc) is 3.95. The van der Waals surface area contributed by atoms with E-state index in [1.165, 1.54) is 115 Å². The maximum absolute atomic E-state index is 2.52. The topological polar surface area (TPSA) is 14.3 Å². The molecule has 0 aliphatic heterocycles. The van der Waals surface area contributed by atoms with E-state index >= 15 is 0 Å². The molecule has 13 rings (SSSR count). The zero-order valence-electron chi connectivity index (χ0n) is 28.6. The van der Waals surface area contributed by atoms with Gasteiger partial charge >= 0.3 is 0 Å². The molecular formula is C50H29N3. The van der Waals surface area contributed by atoms with Crippen molar-refractivity contribution in [3.8, 4) is 11.4 Å². The van der Waals surface area contributed by atoms with Crippen molar-refractivity contribution in [1.29, 1.82) is 0 Å². The Kier molecular flexibility index (Phi) is 5.11. The molecule has 0 spiro atoms. The summed E-state index contributed by atoms with van der Waals surface area (Å²) < 4.78 is 7.52. The lowest BCUT2D eigenvalue weighted by molar-refractivity contribution is 1.20. The fraction of sp³-hybridized carbons (Fsp3) is 0. The van der Waals surface area contributed by atoms with Crippen molar-refractivity contribution >= 4 is 103 Å². The maximum Gasteiger partial charge on any atom is 0.0622 e. The summed E-state index contributed by atoms with van der Waals surface area (Å²) >= 11 is 0. The van der Waals surface area contributed by atoms with E-state index < -0.39 is 0 Å². The fourth-order valence-electron chi connectivity index (χ4n) is 9.91. The molecule has 0 radical (unpaired) electrons. The maximum atomic E-state index is 2.52. The van der Waals surface area contributed by atoms with E-state index in [1.807, 2.05) is 0 Å². The Morgan fingerprint density at radius 1 is 0.245 bits per heavy atom. The largest absolute Gasteiger partial charge is 0.309 e. The molecule has 0 unspecified atom stereocenters. The van der Waals surface area contributed by atoms with Crippen LogP contribution in [-0.2, 0) is 0 Å². The molecule has 4 aromatic heterocycles. The second-order valence-electron chi connectivity index (χ2n) is 14.4. The number of nitrogens with zero attached hydrogens (tertiary/aromatic N) is 3. The molecule has 0 aliphatic rings. The molecule has 0 saturated heterocycles. The molecular weight excluding hydrogens is 643 g/mol. The highest BCUT2D eigenvalue weighted by Crippen LogP contribution is 2.46. The van der Waals surface area contributed by atoms with Crippen molar-refractivity contribution in [3.05, 3.63) is 176 Å². The molecule has 4 heterocycles. The van der Waals surface area contributed by atoms with Crippen LogP contribution < -0.4 is 0 Å². The van der Waals surface area contributed by atoms with E-state index in [9.17, 15) is 0 Å². The van der Waals surface area contributed by atoms with Crippen molar-refractivity contribution < 1.29 is 0 Å². The number of benzene rings is 9. The van der Waals surface area contributed by atoms with Crippen LogP contribution in [0.4, 0.5) is 0 Å². The minimum Gasteiger partial charge on any atom is -0.309 e. The third-order valence-corrected chi connectivity index (χ3v) is 11.9. The standard InChI is InChI=1S/C50H29N3/c1-3-14-32-30(12-1)26-28-44-46(32)34-16-5-7-20-38(34)51(44)40-22-10-24-42-48(40)36-18-9-19-37-49-41(23-11-25-43(49)53(42)50(36)37)52-39-21-8-6-17-35(39)47-33-15-4-2-13-31(33)27-29-45(47)52/h1-29H. The van der Waals surface area contributed by atoms with Gasteiger partial charge in [-0.2, -0.15) is 0 Å². The number of fused-ring (bicyclic) bond motifs is 16. The quantitative estimate of drug-likeness (QED) is 0.174. The lowest BCUT2D eigenvalue weighted by Gasteiger charge is -2.12. The van der Waals surface area contributed by atoms with Gasteiger partial charge in [0.2, 0.25) is 0 Å². The van der Waals surface area contributed by atoms with Crippen LogP contribution in [-0.4, -0.2) is 13.5 Å². The lowest BCUT2D eigenvalue weighted by Crippen LogP contribution is -1.96. The van der Waals surface area contributed by atoms with Gasteiger partial charge in [0.1, 0.15) is 0 Å². The molecule has 244 valence electrons. The molecule has 3 heteroatoms. The van der Waals surface area contributed by atoms with Gasteiger partial charge in [-0.25, -0.2) is 0 Å². The number of para-hydroxylation sites is 3. The molecule has 0 amide bonds. The van der Waals surface area contributed by atoms with Crippen LogP contribution in [0.15, 0.2) is 176 Å². The van der Waals surface area contributed by atoms with Crippen molar-refractivity contribution in [1.82, 2.24) is 13.5 Å². The third kappa shape index (κ3) is 3.36. The van der Waals surface area contributed by atoms with Gasteiger partial charge in [-0.3, -0.25) is 0 Å². The summed E-state index contributed by atoms with van der Waals surface area (Å²) in [6, 6.07) is 65.1. The average molecular weight is 672 g/mol. The van der Waals surface area contributed by atoms with Crippen LogP contribution in [0, 0.1) is 0 Å². The summed E-state index contributed by atoms with van der Waals surface area (Å²) in [5.41, 5.74) is 11.0. The van der Waals surface area contributed by atoms with E-state index in [-0.39, 0.29) is 0 Å². The second-order valence-corrected chi connectivity index (χ2v) is 14.4. The zero-order chi connectivity index (χ0) is 34.4. The molecule has 9 aromatic carbocycles. The second kappa shape index (κ2) is 9.81. The van der Waals surface area contributed by atoms with Gasteiger partial charge in [-0.05, 0) is 70.1 Å². The molecule has 53 heavy (non-hydrogen) atoms. The van der Waals surface area contributed by atoms with Crippen molar-refractivity contribution in [2.75, 3.05) is 0 Å². The first kappa shape index (κ1) is 27.6. The monoisotopic (exact) mass is 671 g/mol. The van der Waals surface area contributed by atoms with Crippen LogP contribution in [0.2, 0.25) is 0 Å². The van der Waals surface area contributed by atoms with Crippen molar-refractivity contribution in [2.45, 2.75) is 0 Å². The van der Waals surface area contributed by atoms with Crippen LogP contribution >= 0.6 is 0 Å². The summed E-state index contributed by atoms with van der Waals surface area (Å²) in [6.45, 7) is 0. The Bertz CT molecular complexity index is 3450. The van der Waals surface area contributed by atoms with Crippen molar-refractivity contribution in [2.24, 2.45) is 0 Å².